The van der Waals surface area contributed by atoms with E-state index in [-0.39, 0.29) is 6.42 Å². The first kappa shape index (κ1) is 24.4. The molecule has 1 rings (SSSR count). The van der Waals surface area contributed by atoms with Gasteiger partial charge in [-0.25, -0.2) is 4.98 Å². The molecule has 0 saturated heterocycles. The number of hydrogen-bond acceptors (Lipinski definition) is 8. The number of aliphatic hydroxyl groups is 1. The van der Waals surface area contributed by atoms with E-state index < -0.39 is 55.0 Å². The molecule has 13 heteroatoms. The number of H-pyrrole nitrogens is 1. The van der Waals surface area contributed by atoms with Gasteiger partial charge < -0.3 is 36.9 Å². The van der Waals surface area contributed by atoms with Crippen molar-refractivity contribution in [2.75, 3.05) is 25.2 Å². The van der Waals surface area contributed by atoms with Gasteiger partial charge in [-0.15, -0.1) is 0 Å². The first-order valence-electron chi connectivity index (χ1n) is 8.71. The maximum atomic E-state index is 12.5. The number of imidazole rings is 1. The van der Waals surface area contributed by atoms with Gasteiger partial charge in [0, 0.05) is 18.3 Å². The van der Waals surface area contributed by atoms with Crippen LogP contribution in [0.3, 0.4) is 0 Å². The fourth-order valence-electron chi connectivity index (χ4n) is 2.23. The molecule has 1 aromatic rings. The number of carbonyl (C=O) groups excluding carboxylic acids is 3. The van der Waals surface area contributed by atoms with Crippen LogP contribution in [0.15, 0.2) is 12.5 Å². The lowest BCUT2D eigenvalue weighted by Crippen LogP contribution is -2.57. The molecule has 0 radical (unpaired) electrons. The second kappa shape index (κ2) is 12.7. The van der Waals surface area contributed by atoms with E-state index in [4.69, 9.17) is 10.8 Å². The Bertz CT molecular complexity index is 685. The summed E-state index contributed by atoms with van der Waals surface area (Å²) in [5, 5.41) is 25.1. The van der Waals surface area contributed by atoms with E-state index in [0.717, 1.165) is 0 Å². The Morgan fingerprint density at radius 1 is 1.21 bits per heavy atom. The summed E-state index contributed by atoms with van der Waals surface area (Å²) < 4.78 is 0. The lowest BCUT2D eigenvalue weighted by atomic mass is 10.1. The molecule has 3 atom stereocenters. The number of aromatic amines is 1. The Labute approximate surface area is 171 Å². The second-order valence-corrected chi connectivity index (χ2v) is 7.07. The Morgan fingerprint density at radius 3 is 2.45 bits per heavy atom. The average molecular weight is 430 g/mol. The summed E-state index contributed by atoms with van der Waals surface area (Å²) in [7, 11) is 0. The van der Waals surface area contributed by atoms with Crippen LogP contribution in [-0.4, -0.2) is 87.2 Å². The van der Waals surface area contributed by atoms with Crippen LogP contribution in [0.5, 0.6) is 0 Å². The van der Waals surface area contributed by atoms with Gasteiger partial charge in [-0.05, 0) is 18.4 Å². The van der Waals surface area contributed by atoms with Crippen LogP contribution in [0, 0.1) is 0 Å². The third-order valence-electron chi connectivity index (χ3n) is 3.81. The van der Waals surface area contributed by atoms with Gasteiger partial charge in [0.15, 0.2) is 0 Å². The van der Waals surface area contributed by atoms with Crippen LogP contribution in [-0.2, 0) is 25.6 Å². The maximum Gasteiger partial charge on any atom is 0.322 e. The molecule has 0 fully saturated rings. The van der Waals surface area contributed by atoms with E-state index in [9.17, 15) is 24.3 Å². The molecule has 3 unspecified atom stereocenters. The number of nitrogens with two attached hydrogens (primary N) is 1. The fourth-order valence-corrected chi connectivity index (χ4v) is 2.72. The van der Waals surface area contributed by atoms with Gasteiger partial charge in [0.1, 0.15) is 18.6 Å². The van der Waals surface area contributed by atoms with Crippen LogP contribution in [0.4, 0.5) is 0 Å². The number of rotatable bonds is 13. The molecule has 8 N–H and O–H groups in total. The predicted octanol–water partition coefficient (Wildman–Crippen LogP) is -2.80. The first-order chi connectivity index (χ1) is 13.8. The molecule has 0 aliphatic carbocycles. The van der Waals surface area contributed by atoms with E-state index in [0.29, 0.717) is 17.9 Å². The number of carbonyl (C=O) groups is 4. The molecule has 1 heterocycles. The molecule has 0 bridgehead atoms. The van der Waals surface area contributed by atoms with Gasteiger partial charge in [-0.2, -0.15) is 11.8 Å². The summed E-state index contributed by atoms with van der Waals surface area (Å²) in [6.07, 6.45) is 5.09. The van der Waals surface area contributed by atoms with Crippen molar-refractivity contribution in [1.29, 1.82) is 0 Å². The highest BCUT2D eigenvalue weighted by atomic mass is 32.2. The zero-order valence-electron chi connectivity index (χ0n) is 15.9. The van der Waals surface area contributed by atoms with Crippen molar-refractivity contribution in [3.63, 3.8) is 0 Å². The summed E-state index contributed by atoms with van der Waals surface area (Å²) in [6.45, 7) is -1.33. The van der Waals surface area contributed by atoms with Gasteiger partial charge in [-0.3, -0.25) is 19.2 Å². The monoisotopic (exact) mass is 430 g/mol. The van der Waals surface area contributed by atoms with Crippen molar-refractivity contribution in [2.45, 2.75) is 31.0 Å². The van der Waals surface area contributed by atoms with Crippen molar-refractivity contribution in [3.05, 3.63) is 18.2 Å². The van der Waals surface area contributed by atoms with Gasteiger partial charge in [0.05, 0.1) is 19.0 Å². The lowest BCUT2D eigenvalue weighted by molar-refractivity contribution is -0.138. The van der Waals surface area contributed by atoms with Gasteiger partial charge in [0.2, 0.25) is 17.7 Å². The largest absolute Gasteiger partial charge is 0.480 e. The highest BCUT2D eigenvalue weighted by molar-refractivity contribution is 7.98. The minimum Gasteiger partial charge on any atom is -0.480 e. The number of nitrogens with one attached hydrogen (secondary N) is 4. The van der Waals surface area contributed by atoms with E-state index >= 15 is 0 Å². The Morgan fingerprint density at radius 2 is 1.90 bits per heavy atom. The smallest absolute Gasteiger partial charge is 0.322 e. The molecule has 0 saturated carbocycles. The molecule has 0 aliphatic heterocycles. The second-order valence-electron chi connectivity index (χ2n) is 6.09. The molecular weight excluding hydrogens is 404 g/mol. The van der Waals surface area contributed by atoms with Crippen molar-refractivity contribution in [1.82, 2.24) is 25.9 Å². The summed E-state index contributed by atoms with van der Waals surface area (Å²) in [4.78, 5) is 54.1. The number of aliphatic carboxylic acids is 1. The number of carboxylic acid groups (broad SMARTS) is 1. The average Bonchev–Trinajstić information content (AvgIpc) is 3.20. The van der Waals surface area contributed by atoms with Crippen LogP contribution in [0.1, 0.15) is 12.1 Å². The molecule has 162 valence electrons. The third kappa shape index (κ3) is 8.93. The number of aromatic nitrogens is 2. The van der Waals surface area contributed by atoms with Crippen LogP contribution < -0.4 is 21.7 Å². The third-order valence-corrected chi connectivity index (χ3v) is 4.45. The SMILES string of the molecule is CSCCC(N)C(=O)NC(CO)C(=O)NC(Cc1cnc[nH]1)C(=O)NCC(=O)O. The molecule has 0 spiro atoms. The zero-order chi connectivity index (χ0) is 21.8. The maximum absolute atomic E-state index is 12.5. The number of aliphatic hydroxyl groups excluding tert-OH is 1. The number of nitrogens with zero attached hydrogens (tertiary/aromatic N) is 1. The van der Waals surface area contributed by atoms with E-state index in [1.165, 1.54) is 24.3 Å². The van der Waals surface area contributed by atoms with Crippen molar-refractivity contribution >= 4 is 35.5 Å². The quantitative estimate of drug-likeness (QED) is 0.173. The topological polar surface area (TPSA) is 200 Å². The Kier molecular flexibility index (Phi) is 10.7. The number of thioether (sulfide) groups is 1. The van der Waals surface area contributed by atoms with E-state index in [2.05, 4.69) is 25.9 Å². The fraction of sp³-hybridized carbons (Fsp3) is 0.562. The highest BCUT2D eigenvalue weighted by Crippen LogP contribution is 2.02. The van der Waals surface area contributed by atoms with Crippen molar-refractivity contribution < 1.29 is 29.4 Å². The summed E-state index contributed by atoms with van der Waals surface area (Å²) in [6, 6.07) is -3.32. The first-order valence-corrected chi connectivity index (χ1v) is 10.1. The lowest BCUT2D eigenvalue weighted by Gasteiger charge is -2.22. The molecule has 0 aliphatic rings. The normalized spacial score (nSPS) is 13.8. The molecule has 3 amide bonds. The van der Waals surface area contributed by atoms with Crippen molar-refractivity contribution in [2.24, 2.45) is 5.73 Å². The molecular formula is C16H26N6O6S. The number of amides is 3. The molecule has 29 heavy (non-hydrogen) atoms. The Balaban J connectivity index is 2.77. The highest BCUT2D eigenvalue weighted by Gasteiger charge is 2.28. The predicted molar refractivity (Wildman–Crippen MR) is 105 cm³/mol. The summed E-state index contributed by atoms with van der Waals surface area (Å²) in [5.74, 6) is -2.75. The van der Waals surface area contributed by atoms with Crippen LogP contribution in [0.25, 0.3) is 0 Å². The number of hydrogen-bond donors (Lipinski definition) is 7. The minimum absolute atomic E-state index is 0.00345. The standard InChI is InChI=1S/C16H26N6O6S/c1-29-3-2-10(17)14(26)22-12(7-23)16(28)21-11(4-9-5-18-8-20-9)15(27)19-6-13(24)25/h5,8,10-12,23H,2-4,6-7,17H2,1H3,(H,18,20)(H,19,27)(H,21,28)(H,22,26)(H,24,25). The number of carboxylic acids is 1. The van der Waals surface area contributed by atoms with Crippen LogP contribution >= 0.6 is 11.8 Å². The summed E-state index contributed by atoms with van der Waals surface area (Å²) in [5.41, 5.74) is 6.26. The Hall–Kier alpha value is -2.64. The molecule has 12 nitrogen and oxygen atoms in total. The van der Waals surface area contributed by atoms with Gasteiger partial charge in [-0.1, -0.05) is 0 Å². The van der Waals surface area contributed by atoms with Crippen LogP contribution in [0.2, 0.25) is 0 Å². The summed E-state index contributed by atoms with van der Waals surface area (Å²) >= 11 is 1.52. The van der Waals surface area contributed by atoms with E-state index in [1.807, 2.05) is 6.26 Å². The van der Waals surface area contributed by atoms with E-state index in [1.54, 1.807) is 0 Å². The molecule has 0 aromatic carbocycles. The zero-order valence-corrected chi connectivity index (χ0v) is 16.7. The van der Waals surface area contributed by atoms with Crippen molar-refractivity contribution in [3.8, 4) is 0 Å². The van der Waals surface area contributed by atoms with Gasteiger partial charge >= 0.3 is 5.97 Å². The molecule has 1 aromatic heterocycles. The minimum atomic E-state index is -1.32. The van der Waals surface area contributed by atoms with Gasteiger partial charge in [0.25, 0.3) is 0 Å².